The number of hydrogen-bond donors (Lipinski definition) is 2. The van der Waals surface area contributed by atoms with Gasteiger partial charge in [-0.25, -0.2) is 0 Å². The highest BCUT2D eigenvalue weighted by molar-refractivity contribution is 7.85. The summed E-state index contributed by atoms with van der Waals surface area (Å²) in [6.07, 6.45) is 4.15. The molecule has 0 radical (unpaired) electrons. The van der Waals surface area contributed by atoms with Crippen LogP contribution in [0.5, 0.6) is 0 Å². The van der Waals surface area contributed by atoms with Gasteiger partial charge in [0.05, 0.1) is 12.9 Å². The molecule has 2 aliphatic rings. The number of benzene rings is 1. The molecule has 1 unspecified atom stereocenters. The van der Waals surface area contributed by atoms with E-state index in [1.807, 2.05) is 0 Å². The lowest BCUT2D eigenvalue weighted by Crippen LogP contribution is -2.48. The molecule has 0 spiro atoms. The second-order valence-corrected chi connectivity index (χ2v) is 8.77. The highest BCUT2D eigenvalue weighted by Gasteiger charge is 2.37. The van der Waals surface area contributed by atoms with Gasteiger partial charge in [0, 0.05) is 35.1 Å². The molecule has 130 valence electrons. The molecule has 1 aromatic carbocycles. The van der Waals surface area contributed by atoms with Crippen molar-refractivity contribution in [3.05, 3.63) is 35.0 Å². The molecule has 0 bridgehead atoms. The van der Waals surface area contributed by atoms with Crippen LogP contribution in [-0.4, -0.2) is 38.9 Å². The monoisotopic (exact) mass is 348 g/mol. The van der Waals surface area contributed by atoms with Gasteiger partial charge in [-0.05, 0) is 42.4 Å². The van der Waals surface area contributed by atoms with E-state index in [0.717, 1.165) is 32.1 Å². The van der Waals surface area contributed by atoms with Crippen molar-refractivity contribution in [2.24, 2.45) is 5.92 Å². The zero-order valence-corrected chi connectivity index (χ0v) is 14.9. The molecule has 0 amide bonds. The maximum Gasteiger partial charge on any atom is 0.264 e. The first-order chi connectivity index (χ1) is 11.5. The Morgan fingerprint density at radius 1 is 1.33 bits per heavy atom. The van der Waals surface area contributed by atoms with E-state index in [1.165, 1.54) is 27.7 Å². The van der Waals surface area contributed by atoms with Crippen molar-refractivity contribution in [3.8, 4) is 0 Å². The first kappa shape index (κ1) is 16.1. The summed E-state index contributed by atoms with van der Waals surface area (Å²) in [7, 11) is -3.37. The maximum atomic E-state index is 11.3. The van der Waals surface area contributed by atoms with Crippen LogP contribution < -0.4 is 5.32 Å². The number of aromatic amines is 1. The largest absolute Gasteiger partial charge is 0.358 e. The number of aryl methyl sites for hydroxylation is 1. The summed E-state index contributed by atoms with van der Waals surface area (Å²) in [5, 5.41) is 5.03. The molecular formula is C18H24N2O3S. The van der Waals surface area contributed by atoms with Crippen molar-refractivity contribution in [2.45, 2.75) is 38.1 Å². The lowest BCUT2D eigenvalue weighted by atomic mass is 9.73. The zero-order chi connectivity index (χ0) is 16.9. The minimum Gasteiger partial charge on any atom is -0.358 e. The van der Waals surface area contributed by atoms with Gasteiger partial charge in [0.25, 0.3) is 10.1 Å². The predicted molar refractivity (Wildman–Crippen MR) is 94.8 cm³/mol. The summed E-state index contributed by atoms with van der Waals surface area (Å²) in [5.41, 5.74) is 5.43. The van der Waals surface area contributed by atoms with E-state index in [1.54, 1.807) is 0 Å². The number of rotatable bonds is 4. The van der Waals surface area contributed by atoms with Gasteiger partial charge in [0.2, 0.25) is 0 Å². The molecule has 1 fully saturated rings. The summed E-state index contributed by atoms with van der Waals surface area (Å²) in [6.45, 7) is 3.28. The lowest BCUT2D eigenvalue weighted by molar-refractivity contribution is 0.188. The molecule has 1 saturated heterocycles. The predicted octanol–water partition coefficient (Wildman–Crippen LogP) is 2.32. The van der Waals surface area contributed by atoms with Crippen molar-refractivity contribution in [1.29, 1.82) is 0 Å². The number of H-pyrrole nitrogens is 1. The third kappa shape index (κ3) is 2.76. The number of fused-ring (bicyclic) bond motifs is 2. The fraction of sp³-hybridized carbons (Fsp3) is 0.556. The normalized spacial score (nSPS) is 26.5. The SMILES string of the molecule is CCc1[nH]c2cccc3c2c1C[C@H]1NC[C@H](COS(C)(=O)=O)CC31. The Hall–Kier alpha value is -1.37. The maximum absolute atomic E-state index is 11.3. The van der Waals surface area contributed by atoms with Crippen LogP contribution >= 0.6 is 0 Å². The van der Waals surface area contributed by atoms with E-state index in [4.69, 9.17) is 4.18 Å². The summed E-state index contributed by atoms with van der Waals surface area (Å²) in [5.74, 6) is 0.644. The molecule has 5 nitrogen and oxygen atoms in total. The Labute approximate surface area is 142 Å². The van der Waals surface area contributed by atoms with Gasteiger partial charge in [-0.3, -0.25) is 4.18 Å². The molecule has 1 aliphatic heterocycles. The van der Waals surface area contributed by atoms with E-state index < -0.39 is 10.1 Å². The molecule has 1 aromatic heterocycles. The highest BCUT2D eigenvalue weighted by atomic mass is 32.2. The molecule has 24 heavy (non-hydrogen) atoms. The summed E-state index contributed by atoms with van der Waals surface area (Å²) in [6, 6.07) is 6.94. The first-order valence-corrected chi connectivity index (χ1v) is 10.5. The van der Waals surface area contributed by atoms with Crippen LogP contribution in [0.25, 0.3) is 10.9 Å². The van der Waals surface area contributed by atoms with Crippen molar-refractivity contribution in [2.75, 3.05) is 19.4 Å². The highest BCUT2D eigenvalue weighted by Crippen LogP contribution is 2.43. The van der Waals surface area contributed by atoms with Crippen LogP contribution in [0.3, 0.4) is 0 Å². The van der Waals surface area contributed by atoms with Gasteiger partial charge in [-0.2, -0.15) is 8.42 Å². The van der Waals surface area contributed by atoms with Crippen molar-refractivity contribution in [3.63, 3.8) is 0 Å². The van der Waals surface area contributed by atoms with E-state index in [-0.39, 0.29) is 12.5 Å². The van der Waals surface area contributed by atoms with Gasteiger partial charge in [0.1, 0.15) is 0 Å². The van der Waals surface area contributed by atoms with E-state index in [9.17, 15) is 8.42 Å². The quantitative estimate of drug-likeness (QED) is 0.832. The summed E-state index contributed by atoms with van der Waals surface area (Å²) in [4.78, 5) is 3.58. The molecule has 1 aliphatic carbocycles. The van der Waals surface area contributed by atoms with Gasteiger partial charge >= 0.3 is 0 Å². The van der Waals surface area contributed by atoms with Gasteiger partial charge in [-0.15, -0.1) is 0 Å². The van der Waals surface area contributed by atoms with Gasteiger partial charge in [-0.1, -0.05) is 19.1 Å². The van der Waals surface area contributed by atoms with Crippen molar-refractivity contribution >= 4 is 21.0 Å². The fourth-order valence-electron chi connectivity index (χ4n) is 4.43. The topological polar surface area (TPSA) is 71.2 Å². The lowest BCUT2D eigenvalue weighted by Gasteiger charge is -2.40. The van der Waals surface area contributed by atoms with E-state index >= 15 is 0 Å². The molecule has 0 saturated carbocycles. The second kappa shape index (κ2) is 5.86. The third-order valence-electron chi connectivity index (χ3n) is 5.48. The number of aromatic nitrogens is 1. The fourth-order valence-corrected chi connectivity index (χ4v) is 4.87. The Morgan fingerprint density at radius 2 is 2.17 bits per heavy atom. The molecule has 6 heteroatoms. The van der Waals surface area contributed by atoms with Gasteiger partial charge in [0.15, 0.2) is 0 Å². The Morgan fingerprint density at radius 3 is 2.92 bits per heavy atom. The number of hydrogen-bond acceptors (Lipinski definition) is 4. The van der Waals surface area contributed by atoms with Crippen LogP contribution in [0.15, 0.2) is 18.2 Å². The second-order valence-electron chi connectivity index (χ2n) is 7.12. The smallest absolute Gasteiger partial charge is 0.264 e. The first-order valence-electron chi connectivity index (χ1n) is 8.66. The molecule has 4 rings (SSSR count). The molecular weight excluding hydrogens is 324 g/mol. The van der Waals surface area contributed by atoms with Crippen LogP contribution in [0.4, 0.5) is 0 Å². The van der Waals surface area contributed by atoms with E-state index in [2.05, 4.69) is 35.4 Å². The average molecular weight is 348 g/mol. The minimum atomic E-state index is -3.37. The number of nitrogens with one attached hydrogen (secondary N) is 2. The Kier molecular flexibility index (Phi) is 3.94. The molecule has 2 heterocycles. The zero-order valence-electron chi connectivity index (χ0n) is 14.1. The van der Waals surface area contributed by atoms with Gasteiger partial charge < -0.3 is 10.3 Å². The van der Waals surface area contributed by atoms with Crippen LogP contribution in [0.2, 0.25) is 0 Å². The van der Waals surface area contributed by atoms with E-state index in [0.29, 0.717) is 12.0 Å². The molecule has 2 N–H and O–H groups in total. The summed E-state index contributed by atoms with van der Waals surface area (Å²) >= 11 is 0. The number of piperidine rings is 1. The summed E-state index contributed by atoms with van der Waals surface area (Å²) < 4.78 is 27.6. The molecule has 3 atom stereocenters. The average Bonchev–Trinajstić information content (AvgIpc) is 2.92. The Bertz CT molecular complexity index is 872. The third-order valence-corrected chi connectivity index (χ3v) is 6.05. The molecule has 2 aromatic rings. The van der Waals surface area contributed by atoms with Crippen molar-refractivity contribution in [1.82, 2.24) is 10.3 Å². The minimum absolute atomic E-state index is 0.224. The van der Waals surface area contributed by atoms with Crippen molar-refractivity contribution < 1.29 is 12.6 Å². The van der Waals surface area contributed by atoms with Crippen LogP contribution in [0, 0.1) is 5.92 Å². The van der Waals surface area contributed by atoms with Crippen LogP contribution in [-0.2, 0) is 27.1 Å². The standard InChI is InChI=1S/C18H24N2O3S/c1-3-15-14-8-17-13(12-5-4-6-16(20-15)18(12)14)7-11(9-19-17)10-23-24(2,21)22/h4-6,11,13,17,19-20H,3,7-10H2,1-2H3/t11-,13?,17-/m1/s1. The van der Waals surface area contributed by atoms with Crippen LogP contribution in [0.1, 0.15) is 36.1 Å². The Balaban J connectivity index is 1.66.